The van der Waals surface area contributed by atoms with Crippen LogP contribution < -0.4 is 11.2 Å². The number of nitrogens with one attached hydrogen (secondary N) is 1. The average molecular weight is 260 g/mol. The second-order valence-corrected chi connectivity index (χ2v) is 5.78. The van der Waals surface area contributed by atoms with Gasteiger partial charge in [-0.3, -0.25) is 0 Å². The monoisotopic (exact) mass is 260 g/mol. The van der Waals surface area contributed by atoms with Crippen molar-refractivity contribution in [1.82, 2.24) is 5.32 Å². The Morgan fingerprint density at radius 1 is 1.39 bits per heavy atom. The molecule has 0 saturated carbocycles. The van der Waals surface area contributed by atoms with E-state index in [9.17, 15) is 4.79 Å². The molecule has 0 radical (unpaired) electrons. The fraction of sp³-hybridized carbons (Fsp3) is 0.917. The van der Waals surface area contributed by atoms with Gasteiger partial charge in [-0.2, -0.15) is 0 Å². The SMILES string of the molecule is CC(C)(C)OC(=O)NCC1(CON)CCOCC1. The van der Waals surface area contributed by atoms with Crippen molar-refractivity contribution in [1.29, 1.82) is 0 Å². The Balaban J connectivity index is 2.44. The largest absolute Gasteiger partial charge is 0.444 e. The maximum atomic E-state index is 11.6. The molecule has 1 amide bonds. The minimum Gasteiger partial charge on any atom is -0.444 e. The predicted molar refractivity (Wildman–Crippen MR) is 66.9 cm³/mol. The van der Waals surface area contributed by atoms with Crippen molar-refractivity contribution in [2.24, 2.45) is 11.3 Å². The van der Waals surface area contributed by atoms with Gasteiger partial charge in [-0.25, -0.2) is 10.7 Å². The molecule has 106 valence electrons. The molecule has 18 heavy (non-hydrogen) atoms. The molecule has 0 unspecified atom stereocenters. The number of rotatable bonds is 4. The normalized spacial score (nSPS) is 19.3. The lowest BCUT2D eigenvalue weighted by molar-refractivity contribution is -0.0405. The summed E-state index contributed by atoms with van der Waals surface area (Å²) in [4.78, 5) is 16.4. The van der Waals surface area contributed by atoms with Crippen LogP contribution in [-0.4, -0.2) is 38.1 Å². The van der Waals surface area contributed by atoms with Crippen LogP contribution in [-0.2, 0) is 14.3 Å². The smallest absolute Gasteiger partial charge is 0.407 e. The standard InChI is InChI=1S/C12H24N2O4/c1-11(2,3)18-10(15)14-8-12(9-17-13)4-6-16-7-5-12/h4-9,13H2,1-3H3,(H,14,15). The number of alkyl carbamates (subject to hydrolysis) is 1. The molecule has 0 bridgehead atoms. The molecule has 0 aromatic rings. The summed E-state index contributed by atoms with van der Waals surface area (Å²) in [6.45, 7) is 7.73. The predicted octanol–water partition coefficient (Wildman–Crippen LogP) is 1.20. The number of hydrogen-bond donors (Lipinski definition) is 2. The second-order valence-electron chi connectivity index (χ2n) is 5.78. The Bertz CT molecular complexity index is 264. The number of nitrogens with two attached hydrogens (primary N) is 1. The van der Waals surface area contributed by atoms with Crippen molar-refractivity contribution in [3.8, 4) is 0 Å². The van der Waals surface area contributed by atoms with Gasteiger partial charge in [0.15, 0.2) is 0 Å². The Morgan fingerprint density at radius 2 is 2.00 bits per heavy atom. The molecule has 3 N–H and O–H groups in total. The molecule has 1 fully saturated rings. The van der Waals surface area contributed by atoms with E-state index in [4.69, 9.17) is 20.2 Å². The van der Waals surface area contributed by atoms with Gasteiger partial charge in [0.05, 0.1) is 6.61 Å². The summed E-state index contributed by atoms with van der Waals surface area (Å²) in [5.74, 6) is 5.17. The Kier molecular flexibility index (Phi) is 5.37. The molecule has 1 rings (SSSR count). The van der Waals surface area contributed by atoms with Crippen molar-refractivity contribution < 1.29 is 19.1 Å². The van der Waals surface area contributed by atoms with Crippen molar-refractivity contribution >= 4 is 6.09 Å². The average Bonchev–Trinajstić information content (AvgIpc) is 2.26. The first kappa shape index (κ1) is 15.2. The molecule has 1 aliphatic heterocycles. The topological polar surface area (TPSA) is 82.8 Å². The third-order valence-electron chi connectivity index (χ3n) is 2.95. The number of amides is 1. The van der Waals surface area contributed by atoms with Gasteiger partial charge >= 0.3 is 6.09 Å². The van der Waals surface area contributed by atoms with E-state index in [0.717, 1.165) is 12.8 Å². The molecule has 1 heterocycles. The van der Waals surface area contributed by atoms with Gasteiger partial charge in [-0.05, 0) is 33.6 Å². The van der Waals surface area contributed by atoms with Crippen molar-refractivity contribution in [3.63, 3.8) is 0 Å². The second kappa shape index (κ2) is 6.36. The molecule has 0 spiro atoms. The lowest BCUT2D eigenvalue weighted by Gasteiger charge is -2.36. The maximum Gasteiger partial charge on any atom is 0.407 e. The highest BCUT2D eigenvalue weighted by Crippen LogP contribution is 2.29. The molecule has 6 nitrogen and oxygen atoms in total. The van der Waals surface area contributed by atoms with Crippen molar-refractivity contribution in [2.45, 2.75) is 39.2 Å². The van der Waals surface area contributed by atoms with Crippen LogP contribution in [0.25, 0.3) is 0 Å². The third kappa shape index (κ3) is 5.20. The molecule has 0 aromatic heterocycles. The van der Waals surface area contributed by atoms with E-state index in [1.54, 1.807) is 0 Å². The van der Waals surface area contributed by atoms with Gasteiger partial charge in [0.25, 0.3) is 0 Å². The summed E-state index contributed by atoms with van der Waals surface area (Å²) in [5.41, 5.74) is -0.638. The molecule has 1 saturated heterocycles. The van der Waals surface area contributed by atoms with Crippen LogP contribution in [0.5, 0.6) is 0 Å². The minimum absolute atomic E-state index is 0.149. The zero-order chi connectivity index (χ0) is 13.6. The van der Waals surface area contributed by atoms with Crippen LogP contribution in [0.3, 0.4) is 0 Å². The van der Waals surface area contributed by atoms with Crippen LogP contribution in [0, 0.1) is 5.41 Å². The fourth-order valence-electron chi connectivity index (χ4n) is 1.93. The van der Waals surface area contributed by atoms with Crippen molar-refractivity contribution in [2.75, 3.05) is 26.4 Å². The zero-order valence-electron chi connectivity index (χ0n) is 11.5. The summed E-state index contributed by atoms with van der Waals surface area (Å²) in [7, 11) is 0. The Hall–Kier alpha value is -0.850. The lowest BCUT2D eigenvalue weighted by Crippen LogP contribution is -2.46. The summed E-state index contributed by atoms with van der Waals surface area (Å²) >= 11 is 0. The van der Waals surface area contributed by atoms with Crippen LogP contribution in [0.4, 0.5) is 4.79 Å². The van der Waals surface area contributed by atoms with E-state index in [1.165, 1.54) is 0 Å². The zero-order valence-corrected chi connectivity index (χ0v) is 11.5. The van der Waals surface area contributed by atoms with E-state index in [0.29, 0.717) is 26.4 Å². The molecular weight excluding hydrogens is 236 g/mol. The molecule has 6 heteroatoms. The number of ether oxygens (including phenoxy) is 2. The van der Waals surface area contributed by atoms with Crippen molar-refractivity contribution in [3.05, 3.63) is 0 Å². The fourth-order valence-corrected chi connectivity index (χ4v) is 1.93. The lowest BCUT2D eigenvalue weighted by atomic mass is 9.81. The quantitative estimate of drug-likeness (QED) is 0.742. The molecule has 0 aromatic carbocycles. The third-order valence-corrected chi connectivity index (χ3v) is 2.95. The van der Waals surface area contributed by atoms with Gasteiger partial charge in [0, 0.05) is 25.2 Å². The molecular formula is C12H24N2O4. The Morgan fingerprint density at radius 3 is 2.50 bits per heavy atom. The summed E-state index contributed by atoms with van der Waals surface area (Å²) in [6.07, 6.45) is 1.23. The maximum absolute atomic E-state index is 11.6. The van der Waals surface area contributed by atoms with Gasteiger partial charge in [0.2, 0.25) is 0 Å². The number of carbonyl (C=O) groups is 1. The van der Waals surface area contributed by atoms with E-state index in [1.807, 2.05) is 20.8 Å². The minimum atomic E-state index is -0.489. The van der Waals surface area contributed by atoms with Crippen LogP contribution in [0.1, 0.15) is 33.6 Å². The highest BCUT2D eigenvalue weighted by atomic mass is 16.6. The van der Waals surface area contributed by atoms with Gasteiger partial charge in [0.1, 0.15) is 5.60 Å². The molecule has 1 aliphatic rings. The first-order valence-electron chi connectivity index (χ1n) is 6.23. The Labute approximate surface area is 108 Å². The summed E-state index contributed by atoms with van der Waals surface area (Å²) in [6, 6.07) is 0. The highest BCUT2D eigenvalue weighted by Gasteiger charge is 2.34. The van der Waals surface area contributed by atoms with Crippen LogP contribution in [0.2, 0.25) is 0 Å². The van der Waals surface area contributed by atoms with E-state index in [-0.39, 0.29) is 5.41 Å². The summed E-state index contributed by atoms with van der Waals surface area (Å²) in [5, 5.41) is 2.78. The number of hydrogen-bond acceptors (Lipinski definition) is 5. The molecule has 0 aliphatic carbocycles. The summed E-state index contributed by atoms with van der Waals surface area (Å²) < 4.78 is 10.5. The van der Waals surface area contributed by atoms with Crippen LogP contribution >= 0.6 is 0 Å². The van der Waals surface area contributed by atoms with E-state index in [2.05, 4.69) is 5.32 Å². The first-order valence-corrected chi connectivity index (χ1v) is 6.23. The first-order chi connectivity index (χ1) is 8.37. The van der Waals surface area contributed by atoms with E-state index >= 15 is 0 Å². The van der Waals surface area contributed by atoms with Crippen LogP contribution in [0.15, 0.2) is 0 Å². The number of carbonyl (C=O) groups excluding carboxylic acids is 1. The van der Waals surface area contributed by atoms with E-state index < -0.39 is 11.7 Å². The molecule has 0 atom stereocenters. The van der Waals surface area contributed by atoms with Gasteiger partial charge in [-0.1, -0.05) is 0 Å². The highest BCUT2D eigenvalue weighted by molar-refractivity contribution is 5.67. The van der Waals surface area contributed by atoms with Gasteiger partial charge in [-0.15, -0.1) is 0 Å². The van der Waals surface area contributed by atoms with Gasteiger partial charge < -0.3 is 19.6 Å².